The highest BCUT2D eigenvalue weighted by Gasteiger charge is 2.23. The van der Waals surface area contributed by atoms with Crippen molar-refractivity contribution in [2.24, 2.45) is 0 Å². The van der Waals surface area contributed by atoms with Gasteiger partial charge in [-0.1, -0.05) is 51.1 Å². The summed E-state index contributed by atoms with van der Waals surface area (Å²) in [5.41, 5.74) is 0.740. The second kappa shape index (κ2) is 6.20. The molecule has 1 aliphatic carbocycles. The Balaban J connectivity index is 2.14. The first kappa shape index (κ1) is 14.1. The van der Waals surface area contributed by atoms with E-state index in [1.807, 2.05) is 30.1 Å². The molecule has 1 aliphatic rings. The van der Waals surface area contributed by atoms with Crippen molar-refractivity contribution in [3.63, 3.8) is 0 Å². The molecule has 18 heavy (non-hydrogen) atoms. The van der Waals surface area contributed by atoms with Crippen LogP contribution in [0.25, 0.3) is 0 Å². The normalized spacial score (nSPS) is 16.6. The Labute approximate surface area is 125 Å². The number of hydrogen-bond acceptors (Lipinski definition) is 1. The van der Waals surface area contributed by atoms with Crippen LogP contribution in [0.5, 0.6) is 0 Å². The molecule has 2 nitrogen and oxygen atoms in total. The first-order chi connectivity index (χ1) is 8.58. The quantitative estimate of drug-likeness (QED) is 0.739. The maximum Gasteiger partial charge on any atom is 0.253 e. The molecule has 2 rings (SSSR count). The second-order valence-electron chi connectivity index (χ2n) is 4.87. The summed E-state index contributed by atoms with van der Waals surface area (Å²) in [6.45, 7) is 0. The molecule has 0 bridgehead atoms. The molecule has 0 unspecified atom stereocenters. The molecule has 4 heteroatoms. The molecule has 0 aliphatic heterocycles. The summed E-state index contributed by atoms with van der Waals surface area (Å²) in [5.74, 6) is 0.115. The fourth-order valence-electron chi connectivity index (χ4n) is 2.52. The monoisotopic (exact) mass is 373 g/mol. The van der Waals surface area contributed by atoms with E-state index < -0.39 is 0 Å². The van der Waals surface area contributed by atoms with Crippen LogP contribution in [0.1, 0.15) is 42.5 Å². The second-order valence-corrected chi connectivity index (χ2v) is 6.70. The van der Waals surface area contributed by atoms with Gasteiger partial charge in [0.15, 0.2) is 0 Å². The molecule has 0 radical (unpaired) electrons. The SMILES string of the molecule is CN(C(=O)c1cc(Br)cc(Br)c1)C1CCCCC1. The van der Waals surface area contributed by atoms with Gasteiger partial charge >= 0.3 is 0 Å². The molecule has 0 atom stereocenters. The standard InChI is InChI=1S/C14H17Br2NO/c1-17(13-5-3-2-4-6-13)14(18)10-7-11(15)9-12(16)8-10/h7-9,13H,2-6H2,1H3. The molecule has 0 saturated heterocycles. The van der Waals surface area contributed by atoms with Crippen molar-refractivity contribution in [2.45, 2.75) is 38.1 Å². The molecule has 1 fully saturated rings. The predicted octanol–water partition coefficient (Wildman–Crippen LogP) is 4.62. The summed E-state index contributed by atoms with van der Waals surface area (Å²) in [6.07, 6.45) is 6.06. The molecule has 1 saturated carbocycles. The maximum absolute atomic E-state index is 12.4. The van der Waals surface area contributed by atoms with Crippen LogP contribution in [0.3, 0.4) is 0 Å². The van der Waals surface area contributed by atoms with Crippen LogP contribution in [-0.2, 0) is 0 Å². The van der Waals surface area contributed by atoms with E-state index in [4.69, 9.17) is 0 Å². The number of halogens is 2. The van der Waals surface area contributed by atoms with Crippen LogP contribution in [-0.4, -0.2) is 23.9 Å². The van der Waals surface area contributed by atoms with Crippen molar-refractivity contribution in [3.8, 4) is 0 Å². The Morgan fingerprint density at radius 1 is 1.11 bits per heavy atom. The topological polar surface area (TPSA) is 20.3 Å². The van der Waals surface area contributed by atoms with E-state index in [0.717, 1.165) is 27.4 Å². The highest BCUT2D eigenvalue weighted by molar-refractivity contribution is 9.11. The van der Waals surface area contributed by atoms with E-state index >= 15 is 0 Å². The minimum absolute atomic E-state index is 0.115. The molecular weight excluding hydrogens is 358 g/mol. The van der Waals surface area contributed by atoms with Gasteiger partial charge in [-0.15, -0.1) is 0 Å². The lowest BCUT2D eigenvalue weighted by Gasteiger charge is -2.31. The Bertz CT molecular complexity index is 421. The number of carbonyl (C=O) groups is 1. The van der Waals surface area contributed by atoms with E-state index in [0.29, 0.717) is 6.04 Å². The number of nitrogens with zero attached hydrogens (tertiary/aromatic N) is 1. The van der Waals surface area contributed by atoms with E-state index in [2.05, 4.69) is 31.9 Å². The highest BCUT2D eigenvalue weighted by Crippen LogP contribution is 2.25. The summed E-state index contributed by atoms with van der Waals surface area (Å²) < 4.78 is 1.86. The molecule has 0 aromatic heterocycles. The van der Waals surface area contributed by atoms with Gasteiger partial charge < -0.3 is 4.90 Å². The summed E-state index contributed by atoms with van der Waals surface area (Å²) in [4.78, 5) is 14.3. The van der Waals surface area contributed by atoms with Gasteiger partial charge in [0.25, 0.3) is 5.91 Å². The molecular formula is C14H17Br2NO. The molecule has 1 amide bonds. The Kier molecular flexibility index (Phi) is 4.84. The van der Waals surface area contributed by atoms with Crippen LogP contribution < -0.4 is 0 Å². The third kappa shape index (κ3) is 3.35. The van der Waals surface area contributed by atoms with Crippen LogP contribution in [0, 0.1) is 0 Å². The zero-order chi connectivity index (χ0) is 13.1. The average Bonchev–Trinajstić information content (AvgIpc) is 2.37. The first-order valence-electron chi connectivity index (χ1n) is 6.31. The minimum atomic E-state index is 0.115. The first-order valence-corrected chi connectivity index (χ1v) is 7.90. The van der Waals surface area contributed by atoms with Gasteiger partial charge in [0.05, 0.1) is 0 Å². The summed E-state index contributed by atoms with van der Waals surface area (Å²) in [5, 5.41) is 0. The fourth-order valence-corrected chi connectivity index (χ4v) is 3.81. The summed E-state index contributed by atoms with van der Waals surface area (Å²) >= 11 is 6.85. The van der Waals surface area contributed by atoms with E-state index in [1.165, 1.54) is 19.3 Å². The van der Waals surface area contributed by atoms with Crippen molar-refractivity contribution >= 4 is 37.8 Å². The number of amides is 1. The number of hydrogen-bond donors (Lipinski definition) is 0. The highest BCUT2D eigenvalue weighted by atomic mass is 79.9. The molecule has 0 spiro atoms. The van der Waals surface area contributed by atoms with E-state index in [9.17, 15) is 4.79 Å². The van der Waals surface area contributed by atoms with Crippen LogP contribution >= 0.6 is 31.9 Å². The van der Waals surface area contributed by atoms with Gasteiger partial charge in [-0.2, -0.15) is 0 Å². The van der Waals surface area contributed by atoms with Crippen molar-refractivity contribution in [1.29, 1.82) is 0 Å². The van der Waals surface area contributed by atoms with Gasteiger partial charge in [-0.3, -0.25) is 4.79 Å². The molecule has 0 N–H and O–H groups in total. The van der Waals surface area contributed by atoms with Gasteiger partial charge in [-0.25, -0.2) is 0 Å². The molecule has 1 aromatic carbocycles. The lowest BCUT2D eigenvalue weighted by molar-refractivity contribution is 0.0696. The molecule has 1 aromatic rings. The van der Waals surface area contributed by atoms with Gasteiger partial charge in [0.2, 0.25) is 0 Å². The van der Waals surface area contributed by atoms with Crippen molar-refractivity contribution < 1.29 is 4.79 Å². The van der Waals surface area contributed by atoms with Crippen molar-refractivity contribution in [3.05, 3.63) is 32.7 Å². The van der Waals surface area contributed by atoms with Crippen molar-refractivity contribution in [1.82, 2.24) is 4.90 Å². The van der Waals surface area contributed by atoms with Gasteiger partial charge in [-0.05, 0) is 31.0 Å². The third-order valence-electron chi connectivity index (χ3n) is 3.55. The molecule has 0 heterocycles. The lowest BCUT2D eigenvalue weighted by Crippen LogP contribution is -2.38. The van der Waals surface area contributed by atoms with Crippen molar-refractivity contribution in [2.75, 3.05) is 7.05 Å². The summed E-state index contributed by atoms with van der Waals surface area (Å²) in [7, 11) is 1.92. The van der Waals surface area contributed by atoms with Gasteiger partial charge in [0, 0.05) is 27.6 Å². The Morgan fingerprint density at radius 2 is 1.67 bits per heavy atom. The molecule has 98 valence electrons. The van der Waals surface area contributed by atoms with Crippen LogP contribution in [0.2, 0.25) is 0 Å². The van der Waals surface area contributed by atoms with E-state index in [1.54, 1.807) is 0 Å². The third-order valence-corrected chi connectivity index (χ3v) is 4.47. The van der Waals surface area contributed by atoms with Crippen LogP contribution in [0.15, 0.2) is 27.1 Å². The number of benzene rings is 1. The zero-order valence-electron chi connectivity index (χ0n) is 10.5. The smallest absolute Gasteiger partial charge is 0.253 e. The predicted molar refractivity (Wildman–Crippen MR) is 80.8 cm³/mol. The minimum Gasteiger partial charge on any atom is -0.339 e. The Morgan fingerprint density at radius 3 is 2.22 bits per heavy atom. The average molecular weight is 375 g/mol. The van der Waals surface area contributed by atoms with E-state index in [-0.39, 0.29) is 5.91 Å². The fraction of sp³-hybridized carbons (Fsp3) is 0.500. The van der Waals surface area contributed by atoms with Crippen LogP contribution in [0.4, 0.5) is 0 Å². The number of rotatable bonds is 2. The maximum atomic E-state index is 12.4. The zero-order valence-corrected chi connectivity index (χ0v) is 13.6. The number of carbonyl (C=O) groups excluding carboxylic acids is 1. The van der Waals surface area contributed by atoms with Gasteiger partial charge in [0.1, 0.15) is 0 Å². The lowest BCUT2D eigenvalue weighted by atomic mass is 9.94. The Hall–Kier alpha value is -0.350. The summed E-state index contributed by atoms with van der Waals surface area (Å²) in [6, 6.07) is 6.11. The largest absolute Gasteiger partial charge is 0.339 e.